The number of carboxylic acid groups (broad SMARTS) is 1. The van der Waals surface area contributed by atoms with Gasteiger partial charge in [-0.1, -0.05) is 25.1 Å². The summed E-state index contributed by atoms with van der Waals surface area (Å²) < 4.78 is 5.28. The van der Waals surface area contributed by atoms with Gasteiger partial charge in [0.25, 0.3) is 0 Å². The Balaban J connectivity index is 2.09. The number of aliphatic carboxylic acids is 1. The summed E-state index contributed by atoms with van der Waals surface area (Å²) in [6, 6.07) is 11.2. The standard InChI is InChI=1S/C22H26N2O4/c1-5-16(21(26)27)11-15-9-10-19(24-13-15)17-7-6-8-18(12-17)23-14-20(25)28-22(2,3)4/h6-13,23H,5,14H2,1-4H3,(H,26,27). The van der Waals surface area contributed by atoms with E-state index in [2.05, 4.69) is 10.3 Å². The van der Waals surface area contributed by atoms with Crippen molar-refractivity contribution in [3.05, 3.63) is 53.7 Å². The van der Waals surface area contributed by atoms with Gasteiger partial charge in [0.2, 0.25) is 0 Å². The molecule has 28 heavy (non-hydrogen) atoms. The summed E-state index contributed by atoms with van der Waals surface area (Å²) >= 11 is 0. The maximum atomic E-state index is 11.8. The van der Waals surface area contributed by atoms with Crippen LogP contribution in [0.3, 0.4) is 0 Å². The Labute approximate surface area is 165 Å². The second-order valence-electron chi connectivity index (χ2n) is 7.33. The van der Waals surface area contributed by atoms with Crippen molar-refractivity contribution in [2.45, 2.75) is 39.7 Å². The molecule has 0 radical (unpaired) electrons. The van der Waals surface area contributed by atoms with Crippen LogP contribution >= 0.6 is 0 Å². The molecule has 0 aliphatic rings. The minimum atomic E-state index is -0.921. The number of anilines is 1. The summed E-state index contributed by atoms with van der Waals surface area (Å²) in [5.41, 5.74) is 2.99. The molecule has 0 amide bonds. The minimum Gasteiger partial charge on any atom is -0.478 e. The molecule has 148 valence electrons. The fourth-order valence-corrected chi connectivity index (χ4v) is 2.52. The highest BCUT2D eigenvalue weighted by Gasteiger charge is 2.15. The molecule has 0 bridgehead atoms. The number of carbonyl (C=O) groups excluding carboxylic acids is 1. The summed E-state index contributed by atoms with van der Waals surface area (Å²) in [7, 11) is 0. The number of pyridine rings is 1. The molecule has 1 aromatic heterocycles. The quantitative estimate of drug-likeness (QED) is 0.546. The number of carboxylic acids is 1. The summed E-state index contributed by atoms with van der Waals surface area (Å²) in [5.74, 6) is -1.24. The molecule has 0 aliphatic carbocycles. The Kier molecular flexibility index (Phi) is 6.93. The van der Waals surface area contributed by atoms with Crippen LogP contribution in [0.2, 0.25) is 0 Å². The second-order valence-corrected chi connectivity index (χ2v) is 7.33. The first-order chi connectivity index (χ1) is 13.2. The summed E-state index contributed by atoms with van der Waals surface area (Å²) in [4.78, 5) is 27.4. The average molecular weight is 382 g/mol. The molecule has 2 rings (SSSR count). The lowest BCUT2D eigenvalue weighted by Crippen LogP contribution is -2.28. The van der Waals surface area contributed by atoms with E-state index in [1.807, 2.05) is 57.2 Å². The topological polar surface area (TPSA) is 88.5 Å². The molecule has 1 heterocycles. The van der Waals surface area contributed by atoms with Gasteiger partial charge in [0.05, 0.1) is 5.69 Å². The van der Waals surface area contributed by atoms with Crippen LogP contribution in [-0.2, 0) is 14.3 Å². The van der Waals surface area contributed by atoms with Crippen molar-refractivity contribution in [3.8, 4) is 11.3 Å². The second kappa shape index (κ2) is 9.17. The van der Waals surface area contributed by atoms with E-state index >= 15 is 0 Å². The van der Waals surface area contributed by atoms with Gasteiger partial charge < -0.3 is 15.2 Å². The lowest BCUT2D eigenvalue weighted by atomic mass is 10.1. The van der Waals surface area contributed by atoms with Crippen molar-refractivity contribution in [2.75, 3.05) is 11.9 Å². The molecule has 0 fully saturated rings. The Morgan fingerprint density at radius 1 is 1.21 bits per heavy atom. The van der Waals surface area contributed by atoms with Gasteiger partial charge in [-0.2, -0.15) is 0 Å². The van der Waals surface area contributed by atoms with Crippen molar-refractivity contribution in [3.63, 3.8) is 0 Å². The predicted octanol–water partition coefficient (Wildman–Crippen LogP) is 4.38. The number of hydrogen-bond donors (Lipinski definition) is 2. The molecule has 0 unspecified atom stereocenters. The van der Waals surface area contributed by atoms with Crippen molar-refractivity contribution in [1.29, 1.82) is 0 Å². The number of aromatic nitrogens is 1. The third kappa shape index (κ3) is 6.54. The van der Waals surface area contributed by atoms with Crippen LogP contribution in [0.4, 0.5) is 5.69 Å². The van der Waals surface area contributed by atoms with Crippen LogP contribution in [0.1, 0.15) is 39.7 Å². The largest absolute Gasteiger partial charge is 0.478 e. The number of hydrogen-bond acceptors (Lipinski definition) is 5. The van der Waals surface area contributed by atoms with E-state index in [0.717, 1.165) is 22.5 Å². The van der Waals surface area contributed by atoms with Gasteiger partial charge in [-0.3, -0.25) is 9.78 Å². The molecule has 1 aromatic carbocycles. The van der Waals surface area contributed by atoms with Crippen LogP contribution in [0.5, 0.6) is 0 Å². The van der Waals surface area contributed by atoms with Gasteiger partial charge in [-0.25, -0.2) is 4.79 Å². The molecule has 0 spiro atoms. The van der Waals surface area contributed by atoms with Gasteiger partial charge in [0.1, 0.15) is 12.1 Å². The Bertz CT molecular complexity index is 865. The maximum absolute atomic E-state index is 11.8. The maximum Gasteiger partial charge on any atom is 0.331 e. The lowest BCUT2D eigenvalue weighted by Gasteiger charge is -2.19. The van der Waals surface area contributed by atoms with E-state index in [-0.39, 0.29) is 12.5 Å². The van der Waals surface area contributed by atoms with Gasteiger partial charge in [-0.05, 0) is 57.0 Å². The third-order valence-electron chi connectivity index (χ3n) is 3.80. The van der Waals surface area contributed by atoms with Crippen LogP contribution in [0, 0.1) is 0 Å². The van der Waals surface area contributed by atoms with E-state index in [4.69, 9.17) is 9.84 Å². The smallest absolute Gasteiger partial charge is 0.331 e. The fraction of sp³-hybridized carbons (Fsp3) is 0.318. The van der Waals surface area contributed by atoms with E-state index in [0.29, 0.717) is 12.0 Å². The number of rotatable bonds is 7. The summed E-state index contributed by atoms with van der Waals surface area (Å²) in [6.45, 7) is 7.37. The molecule has 6 nitrogen and oxygen atoms in total. The van der Waals surface area contributed by atoms with Gasteiger partial charge >= 0.3 is 11.9 Å². The zero-order chi connectivity index (χ0) is 20.7. The molecule has 0 aliphatic heterocycles. The van der Waals surface area contributed by atoms with Crippen molar-refractivity contribution in [2.24, 2.45) is 0 Å². The number of nitrogens with one attached hydrogen (secondary N) is 1. The van der Waals surface area contributed by atoms with Crippen LogP contribution < -0.4 is 5.32 Å². The first-order valence-corrected chi connectivity index (χ1v) is 9.14. The van der Waals surface area contributed by atoms with Crippen molar-refractivity contribution in [1.82, 2.24) is 4.98 Å². The van der Waals surface area contributed by atoms with Crippen molar-refractivity contribution < 1.29 is 19.4 Å². The SMILES string of the molecule is CCC(=Cc1ccc(-c2cccc(NCC(=O)OC(C)(C)C)c2)nc1)C(=O)O. The number of ether oxygens (including phenoxy) is 1. The molecule has 6 heteroatoms. The highest BCUT2D eigenvalue weighted by molar-refractivity contribution is 5.92. The molecular formula is C22H26N2O4. The molecule has 2 aromatic rings. The number of nitrogens with zero attached hydrogens (tertiary/aromatic N) is 1. The Morgan fingerprint density at radius 3 is 2.54 bits per heavy atom. The lowest BCUT2D eigenvalue weighted by molar-refractivity contribution is -0.152. The first kappa shape index (κ1) is 21.2. The number of carbonyl (C=O) groups is 2. The first-order valence-electron chi connectivity index (χ1n) is 9.14. The van der Waals surface area contributed by atoms with Gasteiger partial charge in [-0.15, -0.1) is 0 Å². The van der Waals surface area contributed by atoms with E-state index in [9.17, 15) is 9.59 Å². The molecule has 0 saturated carbocycles. The normalized spacial score (nSPS) is 11.8. The molecular weight excluding hydrogens is 356 g/mol. The zero-order valence-electron chi connectivity index (χ0n) is 16.7. The zero-order valence-corrected chi connectivity index (χ0v) is 16.7. The van der Waals surface area contributed by atoms with E-state index < -0.39 is 11.6 Å². The van der Waals surface area contributed by atoms with Crippen LogP contribution in [-0.4, -0.2) is 34.2 Å². The Morgan fingerprint density at radius 2 is 1.96 bits per heavy atom. The monoisotopic (exact) mass is 382 g/mol. The van der Waals surface area contributed by atoms with Crippen molar-refractivity contribution >= 4 is 23.7 Å². The number of esters is 1. The molecule has 0 saturated heterocycles. The van der Waals surface area contributed by atoms with Gasteiger partial charge in [0, 0.05) is 23.0 Å². The highest BCUT2D eigenvalue weighted by Crippen LogP contribution is 2.22. The van der Waals surface area contributed by atoms with Crippen LogP contribution in [0.25, 0.3) is 17.3 Å². The fourth-order valence-electron chi connectivity index (χ4n) is 2.52. The Hall–Kier alpha value is -3.15. The highest BCUT2D eigenvalue weighted by atomic mass is 16.6. The predicted molar refractivity (Wildman–Crippen MR) is 110 cm³/mol. The van der Waals surface area contributed by atoms with Gasteiger partial charge in [0.15, 0.2) is 0 Å². The number of benzene rings is 1. The van der Waals surface area contributed by atoms with E-state index in [1.165, 1.54) is 0 Å². The third-order valence-corrected chi connectivity index (χ3v) is 3.80. The summed E-state index contributed by atoms with van der Waals surface area (Å²) in [6.07, 6.45) is 3.72. The molecule has 0 atom stereocenters. The molecule has 2 N–H and O–H groups in total. The summed E-state index contributed by atoms with van der Waals surface area (Å²) in [5, 5.41) is 12.2. The minimum absolute atomic E-state index is 0.0763. The average Bonchev–Trinajstić information content (AvgIpc) is 2.63. The van der Waals surface area contributed by atoms with E-state index in [1.54, 1.807) is 19.2 Å². The van der Waals surface area contributed by atoms with Crippen LogP contribution in [0.15, 0.2) is 48.2 Å².